The SMILES string of the molecule is COc1ccc2oc(C(=O)N[C@H](C=O)COCc3ccccn3)cc2c1. The van der Waals surface area contributed by atoms with Crippen LogP contribution in [0.3, 0.4) is 0 Å². The Morgan fingerprint density at radius 1 is 1.31 bits per heavy atom. The van der Waals surface area contributed by atoms with Gasteiger partial charge in [-0.15, -0.1) is 0 Å². The largest absolute Gasteiger partial charge is 0.497 e. The van der Waals surface area contributed by atoms with Gasteiger partial charge in [0.1, 0.15) is 23.7 Å². The van der Waals surface area contributed by atoms with Crippen LogP contribution in [-0.4, -0.2) is 36.9 Å². The molecule has 7 nitrogen and oxygen atoms in total. The van der Waals surface area contributed by atoms with Crippen LogP contribution in [-0.2, 0) is 16.1 Å². The van der Waals surface area contributed by atoms with Gasteiger partial charge in [0.25, 0.3) is 5.91 Å². The highest BCUT2D eigenvalue weighted by molar-refractivity contribution is 5.97. The first-order chi connectivity index (χ1) is 12.7. The van der Waals surface area contributed by atoms with Crippen LogP contribution in [0.1, 0.15) is 16.2 Å². The minimum atomic E-state index is -0.783. The number of hydrogen-bond donors (Lipinski definition) is 1. The smallest absolute Gasteiger partial charge is 0.287 e. The van der Waals surface area contributed by atoms with Crippen molar-refractivity contribution in [1.29, 1.82) is 0 Å². The Labute approximate surface area is 149 Å². The second-order valence-corrected chi connectivity index (χ2v) is 5.57. The summed E-state index contributed by atoms with van der Waals surface area (Å²) < 4.78 is 16.1. The maximum Gasteiger partial charge on any atom is 0.287 e. The molecule has 0 aliphatic heterocycles. The van der Waals surface area contributed by atoms with Gasteiger partial charge in [-0.25, -0.2) is 0 Å². The Balaban J connectivity index is 1.59. The molecule has 0 radical (unpaired) electrons. The third-order valence-electron chi connectivity index (χ3n) is 3.70. The lowest BCUT2D eigenvalue weighted by Gasteiger charge is -2.12. The first kappa shape index (κ1) is 17.6. The monoisotopic (exact) mass is 354 g/mol. The molecule has 26 heavy (non-hydrogen) atoms. The van der Waals surface area contributed by atoms with Gasteiger partial charge >= 0.3 is 0 Å². The van der Waals surface area contributed by atoms with Crippen molar-refractivity contribution < 1.29 is 23.5 Å². The zero-order chi connectivity index (χ0) is 18.4. The van der Waals surface area contributed by atoms with Crippen molar-refractivity contribution in [2.45, 2.75) is 12.6 Å². The number of amides is 1. The van der Waals surface area contributed by atoms with Crippen molar-refractivity contribution in [1.82, 2.24) is 10.3 Å². The highest BCUT2D eigenvalue weighted by Gasteiger charge is 2.17. The van der Waals surface area contributed by atoms with Crippen molar-refractivity contribution in [2.24, 2.45) is 0 Å². The summed E-state index contributed by atoms with van der Waals surface area (Å²) in [6, 6.07) is 11.5. The third kappa shape index (κ3) is 4.25. The molecular formula is C19H18N2O5. The molecule has 0 bridgehead atoms. The standard InChI is InChI=1S/C19H18N2O5/c1-24-16-5-6-17-13(8-16)9-18(26-17)19(23)21-15(10-22)12-25-11-14-4-2-3-7-20-14/h2-10,15H,11-12H2,1H3,(H,21,23)/t15-/m1/s1. The van der Waals surface area contributed by atoms with E-state index in [-0.39, 0.29) is 19.0 Å². The molecule has 3 rings (SSSR count). The molecule has 2 heterocycles. The van der Waals surface area contributed by atoms with Gasteiger partial charge in [-0.1, -0.05) is 6.07 Å². The van der Waals surface area contributed by atoms with Crippen LogP contribution in [0.25, 0.3) is 11.0 Å². The molecule has 0 saturated carbocycles. The zero-order valence-electron chi connectivity index (χ0n) is 14.2. The molecule has 0 aliphatic rings. The van der Waals surface area contributed by atoms with E-state index in [1.54, 1.807) is 43.6 Å². The lowest BCUT2D eigenvalue weighted by molar-refractivity contribution is -0.110. The number of fused-ring (bicyclic) bond motifs is 1. The molecule has 134 valence electrons. The lowest BCUT2D eigenvalue weighted by Crippen LogP contribution is -2.39. The zero-order valence-corrected chi connectivity index (χ0v) is 14.2. The molecule has 0 fully saturated rings. The van der Waals surface area contributed by atoms with Crippen LogP contribution >= 0.6 is 0 Å². The number of nitrogens with one attached hydrogen (secondary N) is 1. The molecule has 1 atom stereocenters. The van der Waals surface area contributed by atoms with Gasteiger partial charge in [0, 0.05) is 11.6 Å². The Hall–Kier alpha value is -3.19. The number of methoxy groups -OCH3 is 1. The number of aromatic nitrogens is 1. The van der Waals surface area contributed by atoms with Crippen molar-refractivity contribution in [3.63, 3.8) is 0 Å². The fourth-order valence-electron chi connectivity index (χ4n) is 2.39. The third-order valence-corrected chi connectivity index (χ3v) is 3.70. The average molecular weight is 354 g/mol. The van der Waals surface area contributed by atoms with E-state index in [0.717, 1.165) is 11.1 Å². The fraction of sp³-hybridized carbons (Fsp3) is 0.211. The van der Waals surface area contributed by atoms with Crippen molar-refractivity contribution in [3.8, 4) is 5.75 Å². The Morgan fingerprint density at radius 3 is 2.92 bits per heavy atom. The second kappa shape index (κ2) is 8.26. The Bertz CT molecular complexity index is 891. The van der Waals surface area contributed by atoms with Crippen molar-refractivity contribution in [2.75, 3.05) is 13.7 Å². The first-order valence-corrected chi connectivity index (χ1v) is 8.01. The first-order valence-electron chi connectivity index (χ1n) is 8.01. The molecule has 0 aliphatic carbocycles. The quantitative estimate of drug-likeness (QED) is 0.625. The summed E-state index contributed by atoms with van der Waals surface area (Å²) >= 11 is 0. The highest BCUT2D eigenvalue weighted by Crippen LogP contribution is 2.24. The second-order valence-electron chi connectivity index (χ2n) is 5.57. The predicted octanol–water partition coefficient (Wildman–Crippen LogP) is 2.35. The van der Waals surface area contributed by atoms with E-state index in [4.69, 9.17) is 13.9 Å². The maximum atomic E-state index is 12.3. The summed E-state index contributed by atoms with van der Waals surface area (Å²) in [6.45, 7) is 0.297. The normalized spacial score (nSPS) is 11.9. The fourth-order valence-corrected chi connectivity index (χ4v) is 2.39. The van der Waals surface area contributed by atoms with E-state index in [2.05, 4.69) is 10.3 Å². The van der Waals surface area contributed by atoms with Gasteiger partial charge in [0.15, 0.2) is 5.76 Å². The Morgan fingerprint density at radius 2 is 2.19 bits per heavy atom. The van der Waals surface area contributed by atoms with Crippen LogP contribution in [0.2, 0.25) is 0 Å². The minimum absolute atomic E-state index is 0.0415. The molecule has 1 amide bonds. The average Bonchev–Trinajstić information content (AvgIpc) is 3.11. The van der Waals surface area contributed by atoms with E-state index in [0.29, 0.717) is 17.6 Å². The van der Waals surface area contributed by atoms with Gasteiger partial charge in [0.05, 0.1) is 26.0 Å². The van der Waals surface area contributed by atoms with E-state index < -0.39 is 11.9 Å². The van der Waals surface area contributed by atoms with Crippen LogP contribution in [0.4, 0.5) is 0 Å². The summed E-state index contributed by atoms with van der Waals surface area (Å²) in [4.78, 5) is 27.6. The van der Waals surface area contributed by atoms with Gasteiger partial charge in [0.2, 0.25) is 0 Å². The van der Waals surface area contributed by atoms with Crippen LogP contribution in [0, 0.1) is 0 Å². The molecule has 7 heteroatoms. The molecule has 0 spiro atoms. The molecule has 1 aromatic carbocycles. The van der Waals surface area contributed by atoms with E-state index in [9.17, 15) is 9.59 Å². The number of rotatable bonds is 8. The number of hydrogen-bond acceptors (Lipinski definition) is 6. The number of furan rings is 1. The number of benzene rings is 1. The summed E-state index contributed by atoms with van der Waals surface area (Å²) in [5, 5.41) is 3.32. The minimum Gasteiger partial charge on any atom is -0.497 e. The van der Waals surface area contributed by atoms with E-state index in [1.807, 2.05) is 12.1 Å². The van der Waals surface area contributed by atoms with Crippen molar-refractivity contribution >= 4 is 23.2 Å². The summed E-state index contributed by atoms with van der Waals surface area (Å²) in [6.07, 6.45) is 2.29. The van der Waals surface area contributed by atoms with Crippen molar-refractivity contribution in [3.05, 3.63) is 60.1 Å². The van der Waals surface area contributed by atoms with Crippen LogP contribution < -0.4 is 10.1 Å². The molecule has 3 aromatic rings. The summed E-state index contributed by atoms with van der Waals surface area (Å²) in [5.41, 5.74) is 1.31. The Kier molecular flexibility index (Phi) is 5.60. The van der Waals surface area contributed by atoms with Gasteiger partial charge in [-0.2, -0.15) is 0 Å². The van der Waals surface area contributed by atoms with Crippen LogP contribution in [0.15, 0.2) is 53.1 Å². The topological polar surface area (TPSA) is 90.7 Å². The summed E-state index contributed by atoms with van der Waals surface area (Å²) in [7, 11) is 1.56. The molecule has 1 N–H and O–H groups in total. The maximum absolute atomic E-state index is 12.3. The van der Waals surface area contributed by atoms with E-state index >= 15 is 0 Å². The van der Waals surface area contributed by atoms with Gasteiger partial charge < -0.3 is 24.0 Å². The number of carbonyl (C=O) groups is 2. The predicted molar refractivity (Wildman–Crippen MR) is 94.0 cm³/mol. The number of nitrogens with zero attached hydrogens (tertiary/aromatic N) is 1. The number of ether oxygens (including phenoxy) is 2. The van der Waals surface area contributed by atoms with Gasteiger partial charge in [-0.05, 0) is 36.4 Å². The van der Waals surface area contributed by atoms with E-state index in [1.165, 1.54) is 0 Å². The highest BCUT2D eigenvalue weighted by atomic mass is 16.5. The molecule has 2 aromatic heterocycles. The molecule has 0 unspecified atom stereocenters. The number of aldehydes is 1. The summed E-state index contributed by atoms with van der Waals surface area (Å²) in [5.74, 6) is 0.294. The van der Waals surface area contributed by atoms with Crippen LogP contribution in [0.5, 0.6) is 5.75 Å². The molecular weight excluding hydrogens is 336 g/mol. The number of carbonyl (C=O) groups excluding carboxylic acids is 2. The van der Waals surface area contributed by atoms with Gasteiger partial charge in [-0.3, -0.25) is 9.78 Å². The molecule has 0 saturated heterocycles. The number of pyridine rings is 1. The lowest BCUT2D eigenvalue weighted by atomic mass is 10.2.